The molecule has 0 bridgehead atoms. The molecule has 0 unspecified atom stereocenters. The fourth-order valence-corrected chi connectivity index (χ4v) is 2.18. The normalized spacial score (nSPS) is 19.2. The molecule has 2 saturated heterocycles. The van der Waals surface area contributed by atoms with Crippen molar-refractivity contribution < 1.29 is 19.2 Å². The number of guanidine groups is 1. The minimum Gasteiger partial charge on any atom is -0.274 e. The van der Waals surface area contributed by atoms with Crippen LogP contribution in [-0.4, -0.2) is 45.9 Å². The Morgan fingerprint density at radius 3 is 1.65 bits per heavy atom. The van der Waals surface area contributed by atoms with E-state index in [-0.39, 0.29) is 31.6 Å². The molecule has 0 aliphatic carbocycles. The molecule has 2 aliphatic heterocycles. The van der Waals surface area contributed by atoms with E-state index in [4.69, 9.17) is 0 Å². The summed E-state index contributed by atoms with van der Waals surface area (Å²) in [5, 5.41) is 0. The van der Waals surface area contributed by atoms with Crippen molar-refractivity contribution >= 4 is 29.6 Å². The molecule has 7 nitrogen and oxygen atoms in total. The zero-order chi connectivity index (χ0) is 14.7. The average Bonchev–Trinajstić information content (AvgIpc) is 2.91. The van der Waals surface area contributed by atoms with Gasteiger partial charge in [0.05, 0.1) is 0 Å². The Kier molecular flexibility index (Phi) is 4.26. The van der Waals surface area contributed by atoms with Gasteiger partial charge in [-0.15, -0.1) is 0 Å². The van der Waals surface area contributed by atoms with E-state index in [0.717, 1.165) is 22.6 Å². The van der Waals surface area contributed by atoms with Crippen molar-refractivity contribution in [3.63, 3.8) is 0 Å². The van der Waals surface area contributed by atoms with Crippen molar-refractivity contribution in [2.45, 2.75) is 45.4 Å². The first-order valence-corrected chi connectivity index (χ1v) is 6.82. The summed E-state index contributed by atoms with van der Waals surface area (Å²) in [5.74, 6) is -1.72. The third-order valence-electron chi connectivity index (χ3n) is 3.27. The summed E-state index contributed by atoms with van der Waals surface area (Å²) in [6.07, 6.45) is 2.05. The van der Waals surface area contributed by atoms with Crippen LogP contribution in [0.3, 0.4) is 0 Å². The lowest BCUT2D eigenvalue weighted by molar-refractivity contribution is -0.136. The van der Waals surface area contributed by atoms with Crippen molar-refractivity contribution in [2.24, 2.45) is 4.99 Å². The summed E-state index contributed by atoms with van der Waals surface area (Å²) in [6.45, 7) is 2.35. The van der Waals surface area contributed by atoms with Crippen LogP contribution in [0.25, 0.3) is 0 Å². The lowest BCUT2D eigenvalue weighted by Crippen LogP contribution is -2.49. The quantitative estimate of drug-likeness (QED) is 0.324. The maximum atomic E-state index is 11.8. The van der Waals surface area contributed by atoms with Crippen molar-refractivity contribution in [2.75, 3.05) is 6.54 Å². The van der Waals surface area contributed by atoms with Gasteiger partial charge in [0, 0.05) is 32.2 Å². The van der Waals surface area contributed by atoms with Gasteiger partial charge in [-0.1, -0.05) is 13.3 Å². The first kappa shape index (κ1) is 14.4. The molecule has 20 heavy (non-hydrogen) atoms. The SMILES string of the molecule is CCCCN=C(N1C(=O)CCC1=O)N1C(=O)CCC1=O. The molecule has 0 aromatic rings. The van der Waals surface area contributed by atoms with Crippen molar-refractivity contribution in [1.82, 2.24) is 9.80 Å². The Labute approximate surface area is 116 Å². The topological polar surface area (TPSA) is 87.1 Å². The largest absolute Gasteiger partial charge is 0.274 e. The third kappa shape index (κ3) is 2.61. The highest BCUT2D eigenvalue weighted by molar-refractivity contribution is 6.24. The summed E-state index contributed by atoms with van der Waals surface area (Å²) < 4.78 is 0. The summed E-state index contributed by atoms with van der Waals surface area (Å²) >= 11 is 0. The van der Waals surface area contributed by atoms with Crippen molar-refractivity contribution in [1.29, 1.82) is 0 Å². The summed E-state index contributed by atoms with van der Waals surface area (Å²) in [5.41, 5.74) is 0. The number of imide groups is 2. The van der Waals surface area contributed by atoms with Crippen LogP contribution in [0.4, 0.5) is 0 Å². The minimum atomic E-state index is -0.405. The van der Waals surface area contributed by atoms with Crippen LogP contribution >= 0.6 is 0 Å². The number of aliphatic imine (C=N–C) groups is 1. The van der Waals surface area contributed by atoms with Gasteiger partial charge in [-0.25, -0.2) is 9.80 Å². The van der Waals surface area contributed by atoms with Crippen LogP contribution in [0.2, 0.25) is 0 Å². The van der Waals surface area contributed by atoms with E-state index in [2.05, 4.69) is 4.99 Å². The van der Waals surface area contributed by atoms with E-state index < -0.39 is 23.6 Å². The van der Waals surface area contributed by atoms with Crippen LogP contribution in [0.1, 0.15) is 45.4 Å². The highest BCUT2D eigenvalue weighted by Crippen LogP contribution is 2.20. The molecule has 0 aromatic carbocycles. The number of hydrogen-bond acceptors (Lipinski definition) is 5. The second-order valence-corrected chi connectivity index (χ2v) is 4.78. The Morgan fingerprint density at radius 2 is 1.30 bits per heavy atom. The first-order chi connectivity index (χ1) is 9.56. The van der Waals surface area contributed by atoms with Crippen molar-refractivity contribution in [3.8, 4) is 0 Å². The van der Waals surface area contributed by atoms with E-state index >= 15 is 0 Å². The van der Waals surface area contributed by atoms with Gasteiger partial charge in [0.15, 0.2) is 0 Å². The van der Waals surface area contributed by atoms with Gasteiger partial charge in [0.2, 0.25) is 29.6 Å². The summed E-state index contributed by atoms with van der Waals surface area (Å²) in [7, 11) is 0. The number of rotatable bonds is 3. The van der Waals surface area contributed by atoms with E-state index in [1.54, 1.807) is 0 Å². The highest BCUT2D eigenvalue weighted by atomic mass is 16.2. The van der Waals surface area contributed by atoms with Crippen molar-refractivity contribution in [3.05, 3.63) is 0 Å². The Bertz CT molecular complexity index is 428. The van der Waals surface area contributed by atoms with Crippen LogP contribution in [0.15, 0.2) is 4.99 Å². The monoisotopic (exact) mass is 279 g/mol. The second-order valence-electron chi connectivity index (χ2n) is 4.78. The lowest BCUT2D eigenvalue weighted by atomic mass is 10.3. The first-order valence-electron chi connectivity index (χ1n) is 6.82. The van der Waals surface area contributed by atoms with Crippen LogP contribution < -0.4 is 0 Å². The minimum absolute atomic E-state index is 0.0987. The third-order valence-corrected chi connectivity index (χ3v) is 3.27. The van der Waals surface area contributed by atoms with Gasteiger partial charge in [-0.3, -0.25) is 24.2 Å². The molecule has 0 aromatic heterocycles. The smallest absolute Gasteiger partial charge is 0.236 e. The summed E-state index contributed by atoms with van der Waals surface area (Å²) in [6, 6.07) is 0. The molecule has 4 amide bonds. The predicted molar refractivity (Wildman–Crippen MR) is 69.4 cm³/mol. The van der Waals surface area contributed by atoms with Crippen LogP contribution in [-0.2, 0) is 19.2 Å². The van der Waals surface area contributed by atoms with E-state index in [1.165, 1.54) is 0 Å². The Morgan fingerprint density at radius 1 is 0.900 bits per heavy atom. The van der Waals surface area contributed by atoms with E-state index in [1.807, 2.05) is 6.92 Å². The molecule has 0 atom stereocenters. The fraction of sp³-hybridized carbons (Fsp3) is 0.615. The van der Waals surface area contributed by atoms with Gasteiger partial charge >= 0.3 is 0 Å². The number of hydrogen-bond donors (Lipinski definition) is 0. The van der Waals surface area contributed by atoms with Gasteiger partial charge in [0.25, 0.3) is 0 Å². The molecular formula is C13H17N3O4. The van der Waals surface area contributed by atoms with Crippen LogP contribution in [0, 0.1) is 0 Å². The van der Waals surface area contributed by atoms with E-state index in [9.17, 15) is 19.2 Å². The van der Waals surface area contributed by atoms with Crippen LogP contribution in [0.5, 0.6) is 0 Å². The van der Waals surface area contributed by atoms with Gasteiger partial charge in [-0.05, 0) is 6.42 Å². The molecule has 0 spiro atoms. The number of carbonyl (C=O) groups is 4. The Hall–Kier alpha value is -2.05. The second kappa shape index (κ2) is 5.94. The highest BCUT2D eigenvalue weighted by Gasteiger charge is 2.42. The average molecular weight is 279 g/mol. The molecule has 2 aliphatic rings. The number of carbonyl (C=O) groups excluding carboxylic acids is 4. The molecule has 2 rings (SSSR count). The predicted octanol–water partition coefficient (Wildman–Crippen LogP) is 0.440. The molecule has 2 heterocycles. The van der Waals surface area contributed by atoms with Gasteiger partial charge in [-0.2, -0.15) is 0 Å². The molecule has 7 heteroatoms. The Balaban J connectivity index is 2.32. The molecular weight excluding hydrogens is 262 g/mol. The molecule has 2 fully saturated rings. The number of nitrogens with zero attached hydrogens (tertiary/aromatic N) is 3. The summed E-state index contributed by atoms with van der Waals surface area (Å²) in [4.78, 5) is 53.2. The molecule has 108 valence electrons. The molecule has 0 saturated carbocycles. The maximum Gasteiger partial charge on any atom is 0.236 e. The standard InChI is InChI=1S/C13H17N3O4/c1-2-3-8-14-13(15-9(17)4-5-10(15)18)16-11(19)6-7-12(16)20/h2-8H2,1H3. The molecule has 0 N–H and O–H groups in total. The lowest BCUT2D eigenvalue weighted by Gasteiger charge is -2.23. The number of amides is 4. The fourth-order valence-electron chi connectivity index (χ4n) is 2.18. The zero-order valence-electron chi connectivity index (χ0n) is 11.4. The number of unbranched alkanes of at least 4 members (excludes halogenated alkanes) is 1. The maximum absolute atomic E-state index is 11.8. The molecule has 0 radical (unpaired) electrons. The number of likely N-dealkylation sites (tertiary alicyclic amines) is 2. The van der Waals surface area contributed by atoms with Gasteiger partial charge in [0.1, 0.15) is 0 Å². The zero-order valence-corrected chi connectivity index (χ0v) is 11.4. The van der Waals surface area contributed by atoms with E-state index in [0.29, 0.717) is 6.54 Å². The van der Waals surface area contributed by atoms with Gasteiger partial charge < -0.3 is 0 Å².